The molecular formula is C29H38NO8P. The zero-order valence-corrected chi connectivity index (χ0v) is 23.0. The summed E-state index contributed by atoms with van der Waals surface area (Å²) >= 11 is 0. The summed E-state index contributed by atoms with van der Waals surface area (Å²) in [4.78, 5) is 11.3. The Morgan fingerprint density at radius 3 is 2.36 bits per heavy atom. The molecule has 3 atom stereocenters. The average Bonchev–Trinajstić information content (AvgIpc) is 2.95. The van der Waals surface area contributed by atoms with Gasteiger partial charge in [0.05, 0.1) is 13.2 Å². The molecule has 0 saturated carbocycles. The van der Waals surface area contributed by atoms with E-state index >= 15 is 0 Å². The van der Waals surface area contributed by atoms with Gasteiger partial charge in [-0.05, 0) is 42.3 Å². The van der Waals surface area contributed by atoms with Crippen LogP contribution in [0, 0.1) is 0 Å². The Balaban J connectivity index is 1.62. The van der Waals surface area contributed by atoms with Crippen LogP contribution in [0.25, 0.3) is 0 Å². The Morgan fingerprint density at radius 2 is 1.69 bits per heavy atom. The van der Waals surface area contributed by atoms with Crippen molar-refractivity contribution in [3.63, 3.8) is 0 Å². The van der Waals surface area contributed by atoms with Gasteiger partial charge in [-0.1, -0.05) is 55.5 Å². The lowest BCUT2D eigenvalue weighted by Crippen LogP contribution is -2.53. The fourth-order valence-electron chi connectivity index (χ4n) is 3.99. The maximum Gasteiger partial charge on any atom is 0.257 e. The highest BCUT2D eigenvalue weighted by Gasteiger charge is 2.48. The predicted molar refractivity (Wildman–Crippen MR) is 149 cm³/mol. The van der Waals surface area contributed by atoms with Crippen molar-refractivity contribution in [2.45, 2.75) is 44.5 Å². The molecule has 0 bridgehead atoms. The lowest BCUT2D eigenvalue weighted by atomic mass is 10.2. The van der Waals surface area contributed by atoms with Crippen LogP contribution in [-0.4, -0.2) is 57.7 Å². The number of aromatic hydroxyl groups is 1. The van der Waals surface area contributed by atoms with Gasteiger partial charge in [0.2, 0.25) is 5.47 Å². The summed E-state index contributed by atoms with van der Waals surface area (Å²) in [5, 5.41) is 32.6. The first-order valence-corrected chi connectivity index (χ1v) is 14.8. The monoisotopic (exact) mass is 559 g/mol. The minimum Gasteiger partial charge on any atom is -0.508 e. The van der Waals surface area contributed by atoms with E-state index in [1.54, 1.807) is 31.2 Å². The van der Waals surface area contributed by atoms with E-state index in [1.165, 1.54) is 18.2 Å². The Labute approximate surface area is 229 Å². The first kappa shape index (κ1) is 30.6. The molecule has 3 rings (SSSR count). The molecule has 0 spiro atoms. The second-order valence-corrected chi connectivity index (χ2v) is 11.7. The summed E-state index contributed by atoms with van der Waals surface area (Å²) in [6.07, 6.45) is -0.580. The zero-order chi connectivity index (χ0) is 28.1. The van der Waals surface area contributed by atoms with Crippen LogP contribution >= 0.6 is 7.37 Å². The van der Waals surface area contributed by atoms with Crippen LogP contribution in [0.3, 0.4) is 0 Å². The lowest BCUT2D eigenvalue weighted by molar-refractivity contribution is 0.0555. The minimum absolute atomic E-state index is 0.0422. The van der Waals surface area contributed by atoms with E-state index < -0.39 is 18.9 Å². The molecule has 0 saturated heterocycles. The number of aliphatic hydroxyl groups excluding tert-OH is 2. The largest absolute Gasteiger partial charge is 0.508 e. The summed E-state index contributed by atoms with van der Waals surface area (Å²) in [7, 11) is -3.98. The first-order chi connectivity index (χ1) is 18.8. The van der Waals surface area contributed by atoms with Crippen molar-refractivity contribution in [3.8, 4) is 17.2 Å². The van der Waals surface area contributed by atoms with E-state index in [0.29, 0.717) is 36.7 Å². The van der Waals surface area contributed by atoms with Gasteiger partial charge < -0.3 is 34.4 Å². The number of nitrogens with one attached hydrogen (secondary N) is 1. The number of benzene rings is 3. The van der Waals surface area contributed by atoms with Gasteiger partial charge in [-0.2, -0.15) is 0 Å². The summed E-state index contributed by atoms with van der Waals surface area (Å²) in [6.45, 7) is 1.91. The number of hydrogen-bond acceptors (Lipinski definition) is 8. The molecule has 0 heterocycles. The molecule has 0 aliphatic rings. The SMILES string of the molecule is CCC(NCC(O)COc1ccc(O)c(CO)c1)(Oc1ccccc1)P(=O)(O)CCCOCc1ccccc1. The third kappa shape index (κ3) is 9.07. The Hall–Kier alpha value is -2.91. The summed E-state index contributed by atoms with van der Waals surface area (Å²) < 4.78 is 31.2. The van der Waals surface area contributed by atoms with E-state index in [0.717, 1.165) is 5.56 Å². The maximum absolute atomic E-state index is 13.8. The molecule has 212 valence electrons. The van der Waals surface area contributed by atoms with E-state index in [-0.39, 0.29) is 38.1 Å². The fourth-order valence-corrected chi connectivity index (χ4v) is 5.99. The van der Waals surface area contributed by atoms with Gasteiger partial charge in [0.1, 0.15) is 30.0 Å². The number of aliphatic hydroxyl groups is 2. The molecule has 0 aliphatic carbocycles. The highest BCUT2D eigenvalue weighted by Crippen LogP contribution is 2.55. The van der Waals surface area contributed by atoms with Crippen molar-refractivity contribution in [2.75, 3.05) is 25.9 Å². The average molecular weight is 560 g/mol. The van der Waals surface area contributed by atoms with Crippen LogP contribution < -0.4 is 14.8 Å². The molecular weight excluding hydrogens is 521 g/mol. The molecule has 39 heavy (non-hydrogen) atoms. The molecule has 3 unspecified atom stereocenters. The number of rotatable bonds is 17. The van der Waals surface area contributed by atoms with Crippen molar-refractivity contribution < 1.29 is 39.0 Å². The van der Waals surface area contributed by atoms with Crippen molar-refractivity contribution in [1.29, 1.82) is 0 Å². The number of para-hydroxylation sites is 1. The molecule has 3 aromatic rings. The van der Waals surface area contributed by atoms with Gasteiger partial charge in [0, 0.05) is 31.3 Å². The van der Waals surface area contributed by atoms with Crippen LogP contribution in [0.5, 0.6) is 17.2 Å². The molecule has 9 nitrogen and oxygen atoms in total. The second kappa shape index (κ2) is 15.0. The normalized spacial score (nSPS) is 15.2. The van der Waals surface area contributed by atoms with E-state index in [9.17, 15) is 24.8 Å². The predicted octanol–water partition coefficient (Wildman–Crippen LogP) is 4.23. The van der Waals surface area contributed by atoms with Crippen LogP contribution in [0.15, 0.2) is 78.9 Å². The number of ether oxygens (including phenoxy) is 3. The molecule has 3 aromatic carbocycles. The van der Waals surface area contributed by atoms with Crippen LogP contribution in [0.4, 0.5) is 0 Å². The second-order valence-electron chi connectivity index (χ2n) is 9.16. The fraction of sp³-hybridized carbons (Fsp3) is 0.379. The summed E-state index contributed by atoms with van der Waals surface area (Å²) in [6, 6.07) is 22.9. The Morgan fingerprint density at radius 1 is 1.00 bits per heavy atom. The highest BCUT2D eigenvalue weighted by molar-refractivity contribution is 7.59. The molecule has 0 amide bonds. The zero-order valence-electron chi connectivity index (χ0n) is 22.1. The Bertz CT molecular complexity index is 1180. The van der Waals surface area contributed by atoms with Crippen molar-refractivity contribution in [3.05, 3.63) is 90.0 Å². The van der Waals surface area contributed by atoms with E-state index in [2.05, 4.69) is 5.32 Å². The topological polar surface area (TPSA) is 138 Å². The van der Waals surface area contributed by atoms with Gasteiger partial charge in [-0.3, -0.25) is 9.88 Å². The molecule has 0 aliphatic heterocycles. The number of hydrogen-bond donors (Lipinski definition) is 5. The molecule has 0 fully saturated rings. The van der Waals surface area contributed by atoms with E-state index in [4.69, 9.17) is 14.2 Å². The van der Waals surface area contributed by atoms with Crippen LogP contribution in [0.2, 0.25) is 0 Å². The van der Waals surface area contributed by atoms with Gasteiger partial charge in [0.25, 0.3) is 7.37 Å². The lowest BCUT2D eigenvalue weighted by Gasteiger charge is -2.38. The van der Waals surface area contributed by atoms with Crippen molar-refractivity contribution >= 4 is 7.37 Å². The van der Waals surface area contributed by atoms with Crippen molar-refractivity contribution in [1.82, 2.24) is 5.32 Å². The maximum atomic E-state index is 13.8. The standard InChI is InChI=1S/C29H38NO8P/c1-2-29(38-26-12-7-4-8-13-26,39(34,35)17-9-16-36-21-23-10-5-3-6-11-23)30-19-25(32)22-37-27-14-15-28(33)24(18-27)20-31/h3-8,10-15,18,25,30-33H,2,9,16-17,19-22H2,1H3,(H,34,35). The number of phenols is 1. The quantitative estimate of drug-likeness (QED) is 0.0934. The summed E-state index contributed by atoms with van der Waals surface area (Å²) in [5.41, 5.74) is -0.315. The van der Waals surface area contributed by atoms with Gasteiger partial charge in [-0.15, -0.1) is 0 Å². The summed E-state index contributed by atoms with van der Waals surface area (Å²) in [5.74, 6) is 0.733. The van der Waals surface area contributed by atoms with E-state index in [1.807, 2.05) is 36.4 Å². The molecule has 0 aromatic heterocycles. The molecule has 0 radical (unpaired) electrons. The van der Waals surface area contributed by atoms with Gasteiger partial charge in [0.15, 0.2) is 0 Å². The highest BCUT2D eigenvalue weighted by atomic mass is 31.2. The molecule has 5 N–H and O–H groups in total. The van der Waals surface area contributed by atoms with Crippen LogP contribution in [-0.2, 0) is 22.5 Å². The molecule has 10 heteroatoms. The van der Waals surface area contributed by atoms with Gasteiger partial charge in [-0.25, -0.2) is 0 Å². The minimum atomic E-state index is -3.98. The van der Waals surface area contributed by atoms with Gasteiger partial charge >= 0.3 is 0 Å². The van der Waals surface area contributed by atoms with Crippen LogP contribution in [0.1, 0.15) is 30.9 Å². The smallest absolute Gasteiger partial charge is 0.257 e. The third-order valence-corrected chi connectivity index (χ3v) is 8.83. The first-order valence-electron chi connectivity index (χ1n) is 12.9. The Kier molecular flexibility index (Phi) is 11.8. The van der Waals surface area contributed by atoms with Crippen molar-refractivity contribution in [2.24, 2.45) is 0 Å². The third-order valence-electron chi connectivity index (χ3n) is 6.21.